The quantitative estimate of drug-likeness (QED) is 0.569. The molecule has 0 aromatic carbocycles. The first kappa shape index (κ1) is 11.0. The third kappa shape index (κ3) is 4.66. The Hall–Kier alpha value is -0.0400. The SMILES string of the molecule is CCCCCCNC(CC)C1CC1. The maximum absolute atomic E-state index is 3.69. The van der Waals surface area contributed by atoms with Crippen molar-refractivity contribution in [2.75, 3.05) is 6.54 Å². The summed E-state index contributed by atoms with van der Waals surface area (Å²) in [6, 6.07) is 0.835. The molecule has 0 aromatic heterocycles. The molecule has 1 heteroatoms. The normalized spacial score (nSPS) is 18.9. The van der Waals surface area contributed by atoms with Gasteiger partial charge in [-0.05, 0) is 38.1 Å². The van der Waals surface area contributed by atoms with Crippen LogP contribution in [0, 0.1) is 5.92 Å². The van der Waals surface area contributed by atoms with Crippen LogP contribution in [0.15, 0.2) is 0 Å². The van der Waals surface area contributed by atoms with Crippen LogP contribution < -0.4 is 5.32 Å². The van der Waals surface area contributed by atoms with Crippen molar-refractivity contribution in [3.8, 4) is 0 Å². The van der Waals surface area contributed by atoms with Gasteiger partial charge in [0.1, 0.15) is 0 Å². The fourth-order valence-electron chi connectivity index (χ4n) is 1.98. The van der Waals surface area contributed by atoms with E-state index >= 15 is 0 Å². The first-order valence-electron chi connectivity index (χ1n) is 6.11. The Labute approximate surface area is 83.3 Å². The molecule has 1 rings (SSSR count). The van der Waals surface area contributed by atoms with E-state index in [9.17, 15) is 0 Å². The van der Waals surface area contributed by atoms with Gasteiger partial charge >= 0.3 is 0 Å². The summed E-state index contributed by atoms with van der Waals surface area (Å²) in [6.07, 6.45) is 9.79. The van der Waals surface area contributed by atoms with E-state index in [0.29, 0.717) is 0 Å². The zero-order valence-corrected chi connectivity index (χ0v) is 9.31. The lowest BCUT2D eigenvalue weighted by molar-refractivity contribution is 0.440. The van der Waals surface area contributed by atoms with Gasteiger partial charge in [0.05, 0.1) is 0 Å². The summed E-state index contributed by atoms with van der Waals surface area (Å²) in [5.41, 5.74) is 0. The van der Waals surface area contributed by atoms with Gasteiger partial charge in [-0.25, -0.2) is 0 Å². The van der Waals surface area contributed by atoms with Crippen molar-refractivity contribution in [3.63, 3.8) is 0 Å². The third-order valence-corrected chi connectivity index (χ3v) is 3.07. The van der Waals surface area contributed by atoms with Gasteiger partial charge in [-0.1, -0.05) is 33.1 Å². The van der Waals surface area contributed by atoms with E-state index in [-0.39, 0.29) is 0 Å². The van der Waals surface area contributed by atoms with Crippen LogP contribution in [0.2, 0.25) is 0 Å². The lowest BCUT2D eigenvalue weighted by atomic mass is 10.1. The second-order valence-electron chi connectivity index (χ2n) is 4.37. The summed E-state index contributed by atoms with van der Waals surface area (Å²) in [5.74, 6) is 1.02. The third-order valence-electron chi connectivity index (χ3n) is 3.07. The topological polar surface area (TPSA) is 12.0 Å². The van der Waals surface area contributed by atoms with Crippen LogP contribution in [-0.2, 0) is 0 Å². The Balaban J connectivity index is 1.90. The summed E-state index contributed by atoms with van der Waals surface area (Å²) < 4.78 is 0. The second-order valence-corrected chi connectivity index (χ2v) is 4.37. The van der Waals surface area contributed by atoms with E-state index < -0.39 is 0 Å². The number of rotatable bonds is 8. The van der Waals surface area contributed by atoms with Crippen molar-refractivity contribution in [1.82, 2.24) is 5.32 Å². The van der Waals surface area contributed by atoms with Crippen molar-refractivity contribution in [1.29, 1.82) is 0 Å². The molecule has 1 saturated carbocycles. The molecule has 0 amide bonds. The maximum Gasteiger partial charge on any atom is 0.00927 e. The van der Waals surface area contributed by atoms with E-state index in [1.807, 2.05) is 0 Å². The minimum absolute atomic E-state index is 0.835. The van der Waals surface area contributed by atoms with Crippen LogP contribution in [0.4, 0.5) is 0 Å². The smallest absolute Gasteiger partial charge is 0.00927 e. The molecule has 1 atom stereocenters. The van der Waals surface area contributed by atoms with Crippen molar-refractivity contribution in [3.05, 3.63) is 0 Å². The molecule has 1 fully saturated rings. The van der Waals surface area contributed by atoms with Gasteiger partial charge in [0.15, 0.2) is 0 Å². The Bertz CT molecular complexity index is 118. The Morgan fingerprint density at radius 2 is 1.92 bits per heavy atom. The van der Waals surface area contributed by atoms with Crippen LogP contribution in [0.3, 0.4) is 0 Å². The van der Waals surface area contributed by atoms with Crippen molar-refractivity contribution >= 4 is 0 Å². The Morgan fingerprint density at radius 3 is 2.46 bits per heavy atom. The average Bonchev–Trinajstić information content (AvgIpc) is 2.95. The van der Waals surface area contributed by atoms with Gasteiger partial charge in [0.25, 0.3) is 0 Å². The number of hydrogen-bond acceptors (Lipinski definition) is 1. The van der Waals surface area contributed by atoms with Crippen LogP contribution in [0.5, 0.6) is 0 Å². The first-order valence-corrected chi connectivity index (χ1v) is 6.11. The average molecular weight is 183 g/mol. The molecule has 13 heavy (non-hydrogen) atoms. The van der Waals surface area contributed by atoms with Crippen molar-refractivity contribution in [2.45, 2.75) is 64.8 Å². The minimum Gasteiger partial charge on any atom is -0.314 e. The molecule has 0 aromatic rings. The monoisotopic (exact) mass is 183 g/mol. The van der Waals surface area contributed by atoms with Crippen LogP contribution in [0.1, 0.15) is 58.8 Å². The molecule has 0 bridgehead atoms. The minimum atomic E-state index is 0.835. The molecule has 1 N–H and O–H groups in total. The summed E-state index contributed by atoms with van der Waals surface area (Å²) >= 11 is 0. The van der Waals surface area contributed by atoms with Crippen LogP contribution in [-0.4, -0.2) is 12.6 Å². The van der Waals surface area contributed by atoms with E-state index in [4.69, 9.17) is 0 Å². The van der Waals surface area contributed by atoms with Gasteiger partial charge in [-0.3, -0.25) is 0 Å². The highest BCUT2D eigenvalue weighted by Gasteiger charge is 2.28. The number of hydrogen-bond donors (Lipinski definition) is 1. The standard InChI is InChI=1S/C12H25N/c1-3-5-6-7-10-13-12(4-2)11-8-9-11/h11-13H,3-10H2,1-2H3. The van der Waals surface area contributed by atoms with E-state index in [1.165, 1.54) is 51.5 Å². The van der Waals surface area contributed by atoms with Crippen LogP contribution >= 0.6 is 0 Å². The predicted octanol–water partition coefficient (Wildman–Crippen LogP) is 3.34. The molecule has 78 valence electrons. The van der Waals surface area contributed by atoms with E-state index in [2.05, 4.69) is 19.2 Å². The number of nitrogens with one attached hydrogen (secondary N) is 1. The summed E-state index contributed by atoms with van der Waals surface area (Å²) in [6.45, 7) is 5.82. The summed E-state index contributed by atoms with van der Waals surface area (Å²) in [4.78, 5) is 0. The Kier molecular flexibility index (Phi) is 5.45. The number of unbranched alkanes of at least 4 members (excludes halogenated alkanes) is 3. The molecule has 1 unspecified atom stereocenters. The molecule has 1 aliphatic carbocycles. The molecule has 0 radical (unpaired) electrons. The molecule has 0 spiro atoms. The second kappa shape index (κ2) is 6.42. The molecule has 0 saturated heterocycles. The van der Waals surface area contributed by atoms with Gasteiger partial charge in [-0.2, -0.15) is 0 Å². The van der Waals surface area contributed by atoms with Crippen molar-refractivity contribution in [2.24, 2.45) is 5.92 Å². The molecule has 0 heterocycles. The van der Waals surface area contributed by atoms with Gasteiger partial charge in [0.2, 0.25) is 0 Å². The van der Waals surface area contributed by atoms with Gasteiger partial charge in [-0.15, -0.1) is 0 Å². The highest BCUT2D eigenvalue weighted by atomic mass is 14.9. The lowest BCUT2D eigenvalue weighted by Crippen LogP contribution is -2.31. The zero-order valence-electron chi connectivity index (χ0n) is 9.31. The fraction of sp³-hybridized carbons (Fsp3) is 1.00. The highest BCUT2D eigenvalue weighted by Crippen LogP contribution is 2.33. The summed E-state index contributed by atoms with van der Waals surface area (Å²) in [7, 11) is 0. The Morgan fingerprint density at radius 1 is 1.15 bits per heavy atom. The highest BCUT2D eigenvalue weighted by molar-refractivity contribution is 4.85. The van der Waals surface area contributed by atoms with Gasteiger partial charge in [0, 0.05) is 6.04 Å². The predicted molar refractivity (Wildman–Crippen MR) is 58.9 cm³/mol. The lowest BCUT2D eigenvalue weighted by Gasteiger charge is -2.15. The van der Waals surface area contributed by atoms with Crippen LogP contribution in [0.25, 0.3) is 0 Å². The zero-order chi connectivity index (χ0) is 9.52. The summed E-state index contributed by atoms with van der Waals surface area (Å²) in [5, 5.41) is 3.69. The van der Waals surface area contributed by atoms with E-state index in [1.54, 1.807) is 0 Å². The van der Waals surface area contributed by atoms with Crippen molar-refractivity contribution < 1.29 is 0 Å². The maximum atomic E-state index is 3.69. The molecule has 1 aliphatic rings. The molecular formula is C12H25N. The molecule has 0 aliphatic heterocycles. The first-order chi connectivity index (χ1) is 6.38. The largest absolute Gasteiger partial charge is 0.314 e. The van der Waals surface area contributed by atoms with Gasteiger partial charge < -0.3 is 5.32 Å². The van der Waals surface area contributed by atoms with E-state index in [0.717, 1.165) is 12.0 Å². The molecule has 1 nitrogen and oxygen atoms in total. The fourth-order valence-corrected chi connectivity index (χ4v) is 1.98. The molecular weight excluding hydrogens is 158 g/mol.